The third kappa shape index (κ3) is 6.81. The number of hydrogen-bond acceptors (Lipinski definition) is 5. The molecule has 0 saturated heterocycles. The molecule has 1 aliphatic heterocycles. The summed E-state index contributed by atoms with van der Waals surface area (Å²) in [7, 11) is 0. The van der Waals surface area contributed by atoms with E-state index in [1.54, 1.807) is 12.1 Å². The number of halogens is 5. The van der Waals surface area contributed by atoms with Gasteiger partial charge < -0.3 is 24.6 Å². The van der Waals surface area contributed by atoms with Gasteiger partial charge in [0.15, 0.2) is 0 Å². The van der Waals surface area contributed by atoms with E-state index in [2.05, 4.69) is 10.1 Å². The summed E-state index contributed by atoms with van der Waals surface area (Å²) in [6, 6.07) is 13.0. The van der Waals surface area contributed by atoms with E-state index in [4.69, 9.17) is 32.7 Å². The molecule has 2 N–H and O–H groups in total. The lowest BCUT2D eigenvalue weighted by Gasteiger charge is -2.24. The van der Waals surface area contributed by atoms with Crippen molar-refractivity contribution in [3.63, 3.8) is 0 Å². The molecule has 200 valence electrons. The number of benzene rings is 3. The van der Waals surface area contributed by atoms with Crippen LogP contribution in [0.5, 0.6) is 23.0 Å². The molecule has 0 aliphatic carbocycles. The zero-order valence-corrected chi connectivity index (χ0v) is 21.0. The van der Waals surface area contributed by atoms with Crippen molar-refractivity contribution in [3.8, 4) is 23.0 Å². The van der Waals surface area contributed by atoms with Gasteiger partial charge in [-0.05, 0) is 60.9 Å². The molecule has 0 bridgehead atoms. The smallest absolute Gasteiger partial charge is 0.493 e. The van der Waals surface area contributed by atoms with Gasteiger partial charge in [-0.15, -0.1) is 13.2 Å². The van der Waals surface area contributed by atoms with Gasteiger partial charge in [0.05, 0.1) is 17.5 Å². The molecule has 0 radical (unpaired) electrons. The van der Waals surface area contributed by atoms with E-state index < -0.39 is 29.9 Å². The lowest BCUT2D eigenvalue weighted by Crippen LogP contribution is -2.26. The summed E-state index contributed by atoms with van der Waals surface area (Å²) >= 11 is 12.1. The van der Waals surface area contributed by atoms with Crippen LogP contribution in [0, 0.1) is 0 Å². The number of nitrogens with one attached hydrogen (secondary N) is 1. The van der Waals surface area contributed by atoms with Crippen LogP contribution in [0.3, 0.4) is 0 Å². The maximum Gasteiger partial charge on any atom is 0.573 e. The molecule has 12 heteroatoms. The van der Waals surface area contributed by atoms with Gasteiger partial charge in [-0.25, -0.2) is 0 Å². The summed E-state index contributed by atoms with van der Waals surface area (Å²) < 4.78 is 53.4. The molecule has 7 nitrogen and oxygen atoms in total. The van der Waals surface area contributed by atoms with Gasteiger partial charge in [0, 0.05) is 28.8 Å². The first kappa shape index (κ1) is 27.4. The Hall–Kier alpha value is -3.63. The number of aliphatic carboxylic acids is 1. The average Bonchev–Trinajstić information content (AvgIpc) is 2.85. The molecular formula is C26H20Cl2F3NO6. The van der Waals surface area contributed by atoms with Crippen molar-refractivity contribution in [2.45, 2.75) is 25.1 Å². The van der Waals surface area contributed by atoms with Gasteiger partial charge in [-0.2, -0.15) is 0 Å². The highest BCUT2D eigenvalue weighted by Crippen LogP contribution is 2.41. The topological polar surface area (TPSA) is 94.1 Å². The monoisotopic (exact) mass is 569 g/mol. The Morgan fingerprint density at radius 1 is 1.05 bits per heavy atom. The summed E-state index contributed by atoms with van der Waals surface area (Å²) in [5.74, 6) is -1.54. The van der Waals surface area contributed by atoms with Crippen molar-refractivity contribution < 1.29 is 42.1 Å². The predicted molar refractivity (Wildman–Crippen MR) is 133 cm³/mol. The highest BCUT2D eigenvalue weighted by Gasteiger charge is 2.32. The van der Waals surface area contributed by atoms with Crippen LogP contribution in [-0.2, 0) is 11.2 Å². The maximum atomic E-state index is 12.7. The largest absolute Gasteiger partial charge is 0.573 e. The first-order valence-electron chi connectivity index (χ1n) is 11.3. The van der Waals surface area contributed by atoms with Crippen molar-refractivity contribution in [3.05, 3.63) is 81.3 Å². The minimum absolute atomic E-state index is 0.0506. The average molecular weight is 570 g/mol. The SMILES string of the molecule is O=C(NCCc1ccc(Cl)cc1OC(F)(F)F)c1ccc(Oc2cc3c(cc2Cl)C(C(=O)O)CCO3)cc1. The van der Waals surface area contributed by atoms with Crippen LogP contribution >= 0.6 is 23.2 Å². The summed E-state index contributed by atoms with van der Waals surface area (Å²) in [5, 5.41) is 12.4. The van der Waals surface area contributed by atoms with Crippen molar-refractivity contribution in [2.24, 2.45) is 0 Å². The molecule has 1 aliphatic rings. The van der Waals surface area contributed by atoms with Crippen LogP contribution in [0.15, 0.2) is 54.6 Å². The molecule has 1 heterocycles. The Bertz CT molecular complexity index is 1350. The Balaban J connectivity index is 1.37. The van der Waals surface area contributed by atoms with E-state index in [-0.39, 0.29) is 40.9 Å². The number of carbonyl (C=O) groups is 2. The number of alkyl halides is 3. The molecule has 3 aromatic carbocycles. The first-order chi connectivity index (χ1) is 18.0. The molecule has 0 saturated carbocycles. The molecule has 3 aromatic rings. The van der Waals surface area contributed by atoms with Gasteiger partial charge in [0.1, 0.15) is 23.0 Å². The highest BCUT2D eigenvalue weighted by molar-refractivity contribution is 6.32. The second-order valence-corrected chi connectivity index (χ2v) is 9.12. The number of fused-ring (bicyclic) bond motifs is 1. The number of amides is 1. The van der Waals surface area contributed by atoms with Crippen molar-refractivity contribution in [2.75, 3.05) is 13.2 Å². The van der Waals surface area contributed by atoms with E-state index in [1.807, 2.05) is 0 Å². The Labute approximate surface area is 225 Å². The molecule has 0 fully saturated rings. The van der Waals surface area contributed by atoms with E-state index in [1.165, 1.54) is 36.4 Å². The van der Waals surface area contributed by atoms with Crippen molar-refractivity contribution >= 4 is 35.1 Å². The summed E-state index contributed by atoms with van der Waals surface area (Å²) in [6.07, 6.45) is -4.45. The first-order valence-corrected chi connectivity index (χ1v) is 12.0. The molecule has 0 aromatic heterocycles. The van der Waals surface area contributed by atoms with Gasteiger partial charge in [-0.1, -0.05) is 29.3 Å². The quantitative estimate of drug-likeness (QED) is 0.317. The molecule has 4 rings (SSSR count). The lowest BCUT2D eigenvalue weighted by atomic mass is 9.93. The fourth-order valence-corrected chi connectivity index (χ4v) is 4.27. The van der Waals surface area contributed by atoms with Crippen molar-refractivity contribution in [1.29, 1.82) is 0 Å². The molecule has 0 spiro atoms. The van der Waals surface area contributed by atoms with Crippen LogP contribution in [-0.4, -0.2) is 36.5 Å². The standard InChI is InChI=1S/C26H20Cl2F3NO6/c27-16-4-1-14(21(11-16)38-26(29,30)31)7-9-32-24(33)15-2-5-17(6-3-15)37-23-13-22-19(12-20(23)28)18(25(34)35)8-10-36-22/h1-6,11-13,18H,7-10H2,(H,32,33)(H,34,35). The van der Waals surface area contributed by atoms with Crippen molar-refractivity contribution in [1.82, 2.24) is 5.32 Å². The minimum atomic E-state index is -4.87. The zero-order valence-electron chi connectivity index (χ0n) is 19.5. The van der Waals surface area contributed by atoms with Crippen LogP contribution in [0.2, 0.25) is 10.0 Å². The van der Waals surface area contributed by atoms with Crippen LogP contribution in [0.25, 0.3) is 0 Å². The van der Waals surface area contributed by atoms with Crippen LogP contribution in [0.4, 0.5) is 13.2 Å². The van der Waals surface area contributed by atoms with E-state index >= 15 is 0 Å². The van der Waals surface area contributed by atoms with Crippen LogP contribution in [0.1, 0.15) is 33.8 Å². The molecular weight excluding hydrogens is 550 g/mol. The zero-order chi connectivity index (χ0) is 27.4. The fraction of sp³-hybridized carbons (Fsp3) is 0.231. The Morgan fingerprint density at radius 2 is 1.79 bits per heavy atom. The minimum Gasteiger partial charge on any atom is -0.493 e. The van der Waals surface area contributed by atoms with Gasteiger partial charge in [-0.3, -0.25) is 9.59 Å². The Kier molecular flexibility index (Phi) is 8.23. The number of carboxylic acids is 1. The summed E-state index contributed by atoms with van der Waals surface area (Å²) in [5.41, 5.74) is 1.00. The van der Waals surface area contributed by atoms with E-state index in [0.717, 1.165) is 6.07 Å². The van der Waals surface area contributed by atoms with Crippen LogP contribution < -0.4 is 19.5 Å². The van der Waals surface area contributed by atoms with Gasteiger partial charge in [0.25, 0.3) is 5.91 Å². The number of rotatable bonds is 8. The normalized spacial score (nSPS) is 14.7. The highest BCUT2D eigenvalue weighted by atomic mass is 35.5. The Morgan fingerprint density at radius 3 is 2.47 bits per heavy atom. The second-order valence-electron chi connectivity index (χ2n) is 8.28. The maximum absolute atomic E-state index is 12.7. The molecule has 38 heavy (non-hydrogen) atoms. The third-order valence-corrected chi connectivity index (χ3v) is 6.21. The molecule has 1 amide bonds. The van der Waals surface area contributed by atoms with Gasteiger partial charge in [0.2, 0.25) is 0 Å². The number of carbonyl (C=O) groups excluding carboxylic acids is 1. The number of hydrogen-bond donors (Lipinski definition) is 2. The molecule has 1 unspecified atom stereocenters. The second kappa shape index (κ2) is 11.4. The number of ether oxygens (including phenoxy) is 3. The molecule has 1 atom stereocenters. The van der Waals surface area contributed by atoms with E-state index in [0.29, 0.717) is 29.0 Å². The van der Waals surface area contributed by atoms with E-state index in [9.17, 15) is 27.9 Å². The summed E-state index contributed by atoms with van der Waals surface area (Å²) in [6.45, 7) is 0.304. The third-order valence-electron chi connectivity index (χ3n) is 5.68. The van der Waals surface area contributed by atoms with Gasteiger partial charge >= 0.3 is 12.3 Å². The lowest BCUT2D eigenvalue weighted by molar-refractivity contribution is -0.274. The fourth-order valence-electron chi connectivity index (χ4n) is 3.89. The predicted octanol–water partition coefficient (Wildman–Crippen LogP) is 6.61. The summed E-state index contributed by atoms with van der Waals surface area (Å²) in [4.78, 5) is 24.0. The number of carboxylic acid groups (broad SMARTS) is 1.